The van der Waals surface area contributed by atoms with Gasteiger partial charge < -0.3 is 5.11 Å². The monoisotopic (exact) mass is 208 g/mol. The van der Waals surface area contributed by atoms with Gasteiger partial charge in [-0.15, -0.1) is 0 Å². The van der Waals surface area contributed by atoms with Crippen LogP contribution in [-0.2, 0) is 0 Å². The van der Waals surface area contributed by atoms with Gasteiger partial charge in [-0.3, -0.25) is 0 Å². The van der Waals surface area contributed by atoms with Gasteiger partial charge in [-0.25, -0.2) is 0 Å². The van der Waals surface area contributed by atoms with E-state index in [1.165, 1.54) is 0 Å². The minimum Gasteiger partial charge on any atom is -0.384 e. The molecule has 0 fully saturated rings. The lowest BCUT2D eigenvalue weighted by atomic mass is 10.0. The smallest absolute Gasteiger partial charge is 0.100 e. The summed E-state index contributed by atoms with van der Waals surface area (Å²) in [6.07, 6.45) is 4.93. The molecule has 74 valence electrons. The maximum absolute atomic E-state index is 10.0. The van der Waals surface area contributed by atoms with E-state index in [9.17, 15) is 5.11 Å². The molecule has 1 aliphatic rings. The van der Waals surface area contributed by atoms with Gasteiger partial charge in [0.2, 0.25) is 0 Å². The first kappa shape index (κ1) is 9.75. The van der Waals surface area contributed by atoms with Crippen molar-refractivity contribution in [2.24, 2.45) is 0 Å². The fourth-order valence-corrected chi connectivity index (χ4v) is 2.03. The summed E-state index contributed by atoms with van der Waals surface area (Å²) in [6.45, 7) is 0. The van der Waals surface area contributed by atoms with Crippen molar-refractivity contribution in [3.05, 3.63) is 46.5 Å². The first-order valence-electron chi connectivity index (χ1n) is 4.90. The number of allylic oxidation sites excluding steroid dienone is 1. The second-order valence-electron chi connectivity index (χ2n) is 3.63. The molecule has 0 bridgehead atoms. The Labute approximate surface area is 89.0 Å². The van der Waals surface area contributed by atoms with Crippen molar-refractivity contribution in [1.29, 1.82) is 0 Å². The Balaban J connectivity index is 2.22. The van der Waals surface area contributed by atoms with Crippen molar-refractivity contribution in [3.63, 3.8) is 0 Å². The normalized spacial score (nSPS) is 18.0. The van der Waals surface area contributed by atoms with Crippen LogP contribution < -0.4 is 0 Å². The summed E-state index contributed by atoms with van der Waals surface area (Å²) in [6, 6.07) is 7.43. The second-order valence-corrected chi connectivity index (χ2v) is 4.07. The van der Waals surface area contributed by atoms with Crippen molar-refractivity contribution < 1.29 is 5.11 Å². The van der Waals surface area contributed by atoms with E-state index in [-0.39, 0.29) is 0 Å². The summed E-state index contributed by atoms with van der Waals surface area (Å²) in [5.41, 5.74) is 2.03. The van der Waals surface area contributed by atoms with Crippen molar-refractivity contribution >= 4 is 11.6 Å². The van der Waals surface area contributed by atoms with Crippen LogP contribution >= 0.6 is 11.6 Å². The van der Waals surface area contributed by atoms with Crippen molar-refractivity contribution in [3.8, 4) is 0 Å². The number of aliphatic hydroxyl groups is 1. The molecule has 0 saturated carbocycles. The Hall–Kier alpha value is -0.790. The van der Waals surface area contributed by atoms with Crippen LogP contribution in [0.5, 0.6) is 0 Å². The van der Waals surface area contributed by atoms with E-state index in [2.05, 4.69) is 6.08 Å². The fraction of sp³-hybridized carbons (Fsp3) is 0.333. The van der Waals surface area contributed by atoms with E-state index in [1.54, 1.807) is 0 Å². The van der Waals surface area contributed by atoms with Gasteiger partial charge in [-0.1, -0.05) is 29.8 Å². The quantitative estimate of drug-likeness (QED) is 0.738. The summed E-state index contributed by atoms with van der Waals surface area (Å²) in [5, 5.41) is 10.7. The van der Waals surface area contributed by atoms with E-state index < -0.39 is 6.10 Å². The van der Waals surface area contributed by atoms with Crippen LogP contribution in [0.4, 0.5) is 0 Å². The number of rotatable bonds is 2. The third-order valence-electron chi connectivity index (χ3n) is 2.59. The highest BCUT2D eigenvalue weighted by Crippen LogP contribution is 2.31. The minimum atomic E-state index is -0.462. The Morgan fingerprint density at radius 1 is 1.36 bits per heavy atom. The fourth-order valence-electron chi connectivity index (χ4n) is 1.83. The second kappa shape index (κ2) is 4.16. The van der Waals surface area contributed by atoms with Gasteiger partial charge in [0.05, 0.1) is 0 Å². The molecule has 1 nitrogen and oxygen atoms in total. The number of benzene rings is 1. The molecule has 1 N–H and O–H groups in total. The number of aliphatic hydroxyl groups excluding tert-OH is 1. The Bertz CT molecular complexity index is 357. The number of halogens is 1. The Kier molecular flexibility index (Phi) is 2.90. The highest BCUT2D eigenvalue weighted by Gasteiger charge is 2.15. The topological polar surface area (TPSA) is 20.2 Å². The summed E-state index contributed by atoms with van der Waals surface area (Å²) < 4.78 is 0. The van der Waals surface area contributed by atoms with E-state index in [1.807, 2.05) is 24.3 Å². The van der Waals surface area contributed by atoms with Crippen molar-refractivity contribution in [2.75, 3.05) is 0 Å². The van der Waals surface area contributed by atoms with Crippen LogP contribution in [0, 0.1) is 0 Å². The number of hydrogen-bond acceptors (Lipinski definition) is 1. The first-order valence-corrected chi connectivity index (χ1v) is 5.27. The Morgan fingerprint density at radius 2 is 2.21 bits per heavy atom. The van der Waals surface area contributed by atoms with Crippen LogP contribution in [0.15, 0.2) is 35.9 Å². The first-order chi connectivity index (χ1) is 6.77. The van der Waals surface area contributed by atoms with E-state index in [0.29, 0.717) is 5.02 Å². The molecule has 1 atom stereocenters. The third-order valence-corrected chi connectivity index (χ3v) is 2.83. The molecule has 0 amide bonds. The van der Waals surface area contributed by atoms with Crippen LogP contribution in [0.25, 0.3) is 0 Å². The largest absolute Gasteiger partial charge is 0.384 e. The van der Waals surface area contributed by atoms with Crippen LogP contribution in [0.1, 0.15) is 30.9 Å². The van der Waals surface area contributed by atoms with E-state index in [4.69, 9.17) is 11.6 Å². The molecule has 1 aromatic carbocycles. The SMILES string of the molecule is OC(C1=CCCC1)c1cccc(Cl)c1. The van der Waals surface area contributed by atoms with Crippen molar-refractivity contribution in [2.45, 2.75) is 25.4 Å². The standard InChI is InChI=1S/C12H13ClO/c13-11-7-3-6-10(8-11)12(14)9-4-1-2-5-9/h3-4,6-8,12,14H,1-2,5H2. The zero-order valence-electron chi connectivity index (χ0n) is 7.91. The third kappa shape index (κ3) is 1.99. The molecule has 1 unspecified atom stereocenters. The lowest BCUT2D eigenvalue weighted by molar-refractivity contribution is 0.212. The zero-order chi connectivity index (χ0) is 9.97. The molecule has 0 saturated heterocycles. The molecule has 0 spiro atoms. The maximum atomic E-state index is 10.0. The van der Waals surface area contributed by atoms with Crippen LogP contribution in [0.3, 0.4) is 0 Å². The average molecular weight is 209 g/mol. The van der Waals surface area contributed by atoms with Gasteiger partial charge in [0.25, 0.3) is 0 Å². The van der Waals surface area contributed by atoms with E-state index in [0.717, 1.165) is 30.4 Å². The zero-order valence-corrected chi connectivity index (χ0v) is 8.67. The maximum Gasteiger partial charge on any atom is 0.100 e. The molecule has 2 heteroatoms. The molecule has 14 heavy (non-hydrogen) atoms. The highest BCUT2D eigenvalue weighted by atomic mass is 35.5. The summed E-state index contributed by atoms with van der Waals surface area (Å²) in [4.78, 5) is 0. The molecule has 0 aliphatic heterocycles. The molecule has 1 aliphatic carbocycles. The highest BCUT2D eigenvalue weighted by molar-refractivity contribution is 6.30. The lowest BCUT2D eigenvalue weighted by Crippen LogP contribution is -1.99. The van der Waals surface area contributed by atoms with Crippen LogP contribution in [-0.4, -0.2) is 5.11 Å². The average Bonchev–Trinajstić information content (AvgIpc) is 2.69. The van der Waals surface area contributed by atoms with Crippen LogP contribution in [0.2, 0.25) is 5.02 Å². The summed E-state index contributed by atoms with van der Waals surface area (Å²) in [7, 11) is 0. The molecular formula is C12H13ClO. The van der Waals surface area contributed by atoms with Gasteiger partial charge in [-0.05, 0) is 42.5 Å². The molecular weight excluding hydrogens is 196 g/mol. The number of hydrogen-bond donors (Lipinski definition) is 1. The molecule has 2 rings (SSSR count). The van der Waals surface area contributed by atoms with Gasteiger partial charge in [0.1, 0.15) is 6.10 Å². The molecule has 1 aromatic rings. The van der Waals surface area contributed by atoms with Gasteiger partial charge >= 0.3 is 0 Å². The predicted octanol–water partition coefficient (Wildman–Crippen LogP) is 3.48. The summed E-state index contributed by atoms with van der Waals surface area (Å²) in [5.74, 6) is 0. The van der Waals surface area contributed by atoms with Gasteiger partial charge in [0.15, 0.2) is 0 Å². The molecule has 0 aromatic heterocycles. The molecule has 0 heterocycles. The predicted molar refractivity (Wildman–Crippen MR) is 58.3 cm³/mol. The Morgan fingerprint density at radius 3 is 2.86 bits per heavy atom. The summed E-state index contributed by atoms with van der Waals surface area (Å²) >= 11 is 5.87. The van der Waals surface area contributed by atoms with Crippen molar-refractivity contribution in [1.82, 2.24) is 0 Å². The van der Waals surface area contributed by atoms with Gasteiger partial charge in [-0.2, -0.15) is 0 Å². The van der Waals surface area contributed by atoms with E-state index >= 15 is 0 Å². The van der Waals surface area contributed by atoms with Gasteiger partial charge in [0, 0.05) is 5.02 Å². The lowest BCUT2D eigenvalue weighted by Gasteiger charge is -2.12. The molecule has 0 radical (unpaired) electrons. The minimum absolute atomic E-state index is 0.462.